The number of amides is 1. The molecule has 0 spiro atoms. The molecule has 2 atom stereocenters. The standard InChI is InChI=1S/C16H23N3O3.2C2H4O2/c1-13(20)19-7-10-22-15(12-18-5-8-21-9-6-18)16(19)14-3-2-4-17-11-14;2*1-2(3)4/h2-4,11,15-16H,5-10,12H2,1H3;2*1H3,(H,3,4)/t15-,16-;;/m0../s1. The second kappa shape index (κ2) is 13.6. The minimum absolute atomic E-state index is 0.0278. The van der Waals surface area contributed by atoms with Crippen LogP contribution in [0.25, 0.3) is 0 Å². The highest BCUT2D eigenvalue weighted by Crippen LogP contribution is 2.30. The number of hydrogen-bond donors (Lipinski definition) is 2. The van der Waals surface area contributed by atoms with Gasteiger partial charge in [0.05, 0.1) is 32.0 Å². The fourth-order valence-electron chi connectivity index (χ4n) is 3.22. The van der Waals surface area contributed by atoms with E-state index in [1.54, 1.807) is 13.1 Å². The lowest BCUT2D eigenvalue weighted by Gasteiger charge is -2.43. The average molecular weight is 425 g/mol. The third-order valence-electron chi connectivity index (χ3n) is 4.32. The van der Waals surface area contributed by atoms with Crippen LogP contribution < -0.4 is 0 Å². The fraction of sp³-hybridized carbons (Fsp3) is 0.600. The Hall–Kier alpha value is -2.56. The van der Waals surface area contributed by atoms with E-state index in [0.717, 1.165) is 52.3 Å². The van der Waals surface area contributed by atoms with Crippen molar-refractivity contribution in [2.75, 3.05) is 46.0 Å². The first kappa shape index (κ1) is 25.5. The summed E-state index contributed by atoms with van der Waals surface area (Å²) in [5.41, 5.74) is 1.04. The van der Waals surface area contributed by atoms with E-state index >= 15 is 0 Å². The first-order valence-electron chi connectivity index (χ1n) is 9.70. The molecule has 10 nitrogen and oxygen atoms in total. The van der Waals surface area contributed by atoms with Crippen molar-refractivity contribution in [2.45, 2.75) is 32.9 Å². The molecule has 0 unspecified atom stereocenters. The highest BCUT2D eigenvalue weighted by atomic mass is 16.5. The third kappa shape index (κ3) is 9.77. The number of nitrogens with zero attached hydrogens (tertiary/aromatic N) is 3. The SMILES string of the molecule is CC(=O)N1CCO[C@@H](CN2CCOCC2)[C@@H]1c1cccnc1.CC(=O)O.CC(=O)O. The summed E-state index contributed by atoms with van der Waals surface area (Å²) in [5, 5.41) is 14.8. The summed E-state index contributed by atoms with van der Waals surface area (Å²) in [6, 6.07) is 3.87. The van der Waals surface area contributed by atoms with E-state index in [1.807, 2.05) is 23.2 Å². The smallest absolute Gasteiger partial charge is 0.300 e. The van der Waals surface area contributed by atoms with Gasteiger partial charge in [-0.15, -0.1) is 0 Å². The molecule has 2 aliphatic rings. The van der Waals surface area contributed by atoms with E-state index in [-0.39, 0.29) is 18.1 Å². The highest BCUT2D eigenvalue weighted by molar-refractivity contribution is 5.74. The summed E-state index contributed by atoms with van der Waals surface area (Å²) >= 11 is 0. The third-order valence-corrected chi connectivity index (χ3v) is 4.32. The number of morpholine rings is 2. The van der Waals surface area contributed by atoms with E-state index in [2.05, 4.69) is 9.88 Å². The van der Waals surface area contributed by atoms with Gasteiger partial charge in [0, 0.05) is 59.3 Å². The quantitative estimate of drug-likeness (QED) is 0.725. The van der Waals surface area contributed by atoms with Crippen LogP contribution in [-0.4, -0.2) is 94.9 Å². The highest BCUT2D eigenvalue weighted by Gasteiger charge is 2.36. The summed E-state index contributed by atoms with van der Waals surface area (Å²) in [6.45, 7) is 9.19. The first-order valence-corrected chi connectivity index (χ1v) is 9.70. The number of carbonyl (C=O) groups is 3. The van der Waals surface area contributed by atoms with Gasteiger partial charge in [0.1, 0.15) is 0 Å². The molecule has 1 aromatic rings. The van der Waals surface area contributed by atoms with Crippen LogP contribution in [-0.2, 0) is 23.9 Å². The molecule has 1 amide bonds. The second-order valence-corrected chi connectivity index (χ2v) is 6.80. The predicted octanol–water partition coefficient (Wildman–Crippen LogP) is 0.884. The van der Waals surface area contributed by atoms with Gasteiger partial charge < -0.3 is 24.6 Å². The van der Waals surface area contributed by atoms with Crippen molar-refractivity contribution in [1.82, 2.24) is 14.8 Å². The molecule has 2 aliphatic heterocycles. The molecule has 0 radical (unpaired) electrons. The Balaban J connectivity index is 0.000000485. The fourth-order valence-corrected chi connectivity index (χ4v) is 3.22. The first-order chi connectivity index (χ1) is 14.2. The Morgan fingerprint density at radius 3 is 2.17 bits per heavy atom. The van der Waals surface area contributed by atoms with E-state index in [9.17, 15) is 4.79 Å². The summed E-state index contributed by atoms with van der Waals surface area (Å²) in [6.07, 6.45) is 3.56. The van der Waals surface area contributed by atoms with Gasteiger partial charge in [-0.05, 0) is 11.6 Å². The summed E-state index contributed by atoms with van der Waals surface area (Å²) in [7, 11) is 0. The number of carbonyl (C=O) groups excluding carboxylic acids is 1. The summed E-state index contributed by atoms with van der Waals surface area (Å²) in [4.78, 5) is 38.5. The van der Waals surface area contributed by atoms with Gasteiger partial charge in [0.25, 0.3) is 11.9 Å². The minimum Gasteiger partial charge on any atom is -0.481 e. The zero-order valence-corrected chi connectivity index (χ0v) is 17.7. The lowest BCUT2D eigenvalue weighted by molar-refractivity contribution is -0.147. The number of carboxylic acids is 2. The van der Waals surface area contributed by atoms with E-state index < -0.39 is 11.9 Å². The molecule has 2 saturated heterocycles. The molecule has 3 heterocycles. The van der Waals surface area contributed by atoms with Crippen molar-refractivity contribution >= 4 is 17.8 Å². The molecule has 168 valence electrons. The topological polar surface area (TPSA) is 130 Å². The van der Waals surface area contributed by atoms with Crippen LogP contribution in [0.2, 0.25) is 0 Å². The van der Waals surface area contributed by atoms with Crippen molar-refractivity contribution in [2.24, 2.45) is 0 Å². The van der Waals surface area contributed by atoms with Gasteiger partial charge >= 0.3 is 0 Å². The van der Waals surface area contributed by atoms with E-state index in [4.69, 9.17) is 29.3 Å². The summed E-state index contributed by atoms with van der Waals surface area (Å²) in [5.74, 6) is -1.58. The van der Waals surface area contributed by atoms with Gasteiger partial charge in [0.15, 0.2) is 0 Å². The normalized spacial score (nSPS) is 21.4. The molecule has 30 heavy (non-hydrogen) atoms. The van der Waals surface area contributed by atoms with Crippen LogP contribution in [0.15, 0.2) is 24.5 Å². The van der Waals surface area contributed by atoms with E-state index in [1.165, 1.54) is 0 Å². The molecule has 0 saturated carbocycles. The van der Waals surface area contributed by atoms with Crippen LogP contribution >= 0.6 is 0 Å². The van der Waals surface area contributed by atoms with Gasteiger partial charge in [-0.3, -0.25) is 24.3 Å². The Bertz CT molecular complexity index is 646. The van der Waals surface area contributed by atoms with Crippen molar-refractivity contribution in [3.8, 4) is 0 Å². The van der Waals surface area contributed by atoms with E-state index in [0.29, 0.717) is 13.2 Å². The maximum absolute atomic E-state index is 12.0. The maximum Gasteiger partial charge on any atom is 0.300 e. The van der Waals surface area contributed by atoms with Crippen molar-refractivity contribution in [3.05, 3.63) is 30.1 Å². The molecule has 10 heteroatoms. The Labute approximate surface area is 176 Å². The molecule has 0 aromatic carbocycles. The predicted molar refractivity (Wildman–Crippen MR) is 108 cm³/mol. The molecule has 2 fully saturated rings. The molecule has 1 aromatic heterocycles. The number of rotatable bonds is 3. The van der Waals surface area contributed by atoms with Gasteiger partial charge in [-0.2, -0.15) is 0 Å². The molecule has 0 bridgehead atoms. The van der Waals surface area contributed by atoms with Crippen LogP contribution in [0.3, 0.4) is 0 Å². The monoisotopic (exact) mass is 425 g/mol. The number of aliphatic carboxylic acids is 2. The van der Waals surface area contributed by atoms with Gasteiger partial charge in [0.2, 0.25) is 5.91 Å². The average Bonchev–Trinajstić information content (AvgIpc) is 2.68. The lowest BCUT2D eigenvalue weighted by atomic mass is 9.98. The number of ether oxygens (including phenoxy) is 2. The number of aromatic nitrogens is 1. The number of hydrogen-bond acceptors (Lipinski definition) is 7. The Morgan fingerprint density at radius 2 is 1.67 bits per heavy atom. The van der Waals surface area contributed by atoms with Crippen LogP contribution in [0.4, 0.5) is 0 Å². The maximum atomic E-state index is 12.0. The molecule has 3 rings (SSSR count). The van der Waals surface area contributed by atoms with Crippen LogP contribution in [0.5, 0.6) is 0 Å². The number of carboxylic acid groups (broad SMARTS) is 2. The van der Waals surface area contributed by atoms with Gasteiger partial charge in [-0.1, -0.05) is 6.07 Å². The largest absolute Gasteiger partial charge is 0.481 e. The zero-order chi connectivity index (χ0) is 22.5. The summed E-state index contributed by atoms with van der Waals surface area (Å²) < 4.78 is 11.4. The van der Waals surface area contributed by atoms with Crippen molar-refractivity contribution in [3.63, 3.8) is 0 Å². The molecule has 0 aliphatic carbocycles. The Kier molecular flexibility index (Phi) is 11.6. The molecular formula is C20H31N3O7. The van der Waals surface area contributed by atoms with Crippen LogP contribution in [0, 0.1) is 0 Å². The van der Waals surface area contributed by atoms with Crippen molar-refractivity contribution in [1.29, 1.82) is 0 Å². The molecular weight excluding hydrogens is 394 g/mol. The van der Waals surface area contributed by atoms with Crippen molar-refractivity contribution < 1.29 is 34.1 Å². The van der Waals surface area contributed by atoms with Crippen LogP contribution in [0.1, 0.15) is 32.4 Å². The minimum atomic E-state index is -0.833. The van der Waals surface area contributed by atoms with Gasteiger partial charge in [-0.25, -0.2) is 0 Å². The number of pyridine rings is 1. The Morgan fingerprint density at radius 1 is 1.07 bits per heavy atom. The lowest BCUT2D eigenvalue weighted by Crippen LogP contribution is -2.52. The second-order valence-electron chi connectivity index (χ2n) is 6.80. The molecule has 2 N–H and O–H groups in total. The zero-order valence-electron chi connectivity index (χ0n) is 17.7.